The summed E-state index contributed by atoms with van der Waals surface area (Å²) in [6.45, 7) is 1.80. The minimum atomic E-state index is -1.62. The molecule has 0 radical (unpaired) electrons. The molecule has 8 heteroatoms. The minimum absolute atomic E-state index is 0. The second-order valence-electron chi connectivity index (χ2n) is 2.18. The molecule has 0 N–H and O–H groups in total. The van der Waals surface area contributed by atoms with Gasteiger partial charge in [0.2, 0.25) is 4.38 Å². The molecular formula is C7H8BaO5S2. The maximum atomic E-state index is 10.4. The van der Waals surface area contributed by atoms with Crippen LogP contribution in [0.4, 0.5) is 0 Å². The van der Waals surface area contributed by atoms with Gasteiger partial charge in [-0.15, -0.1) is 0 Å². The van der Waals surface area contributed by atoms with E-state index in [1.165, 1.54) is 0 Å². The van der Waals surface area contributed by atoms with Crippen LogP contribution in [-0.2, 0) is 14.3 Å². The molecule has 0 aliphatic rings. The van der Waals surface area contributed by atoms with Crippen molar-refractivity contribution >= 4 is 89.2 Å². The second-order valence-corrected chi connectivity index (χ2v) is 4.05. The molecule has 15 heavy (non-hydrogen) atoms. The molecule has 0 aliphatic heterocycles. The van der Waals surface area contributed by atoms with E-state index in [-0.39, 0.29) is 53.3 Å². The molecule has 0 bridgehead atoms. The van der Waals surface area contributed by atoms with Crippen molar-refractivity contribution in [3.05, 3.63) is 0 Å². The molecule has 0 aromatic carbocycles. The topological polar surface area (TPSA) is 89.5 Å². The van der Waals surface area contributed by atoms with Gasteiger partial charge < -0.3 is 24.5 Å². The van der Waals surface area contributed by atoms with E-state index in [1.54, 1.807) is 6.92 Å². The number of carbonyl (C=O) groups excluding carboxylic acids is 2. The first kappa shape index (κ1) is 18.1. The van der Waals surface area contributed by atoms with Crippen LogP contribution in [0.15, 0.2) is 0 Å². The Morgan fingerprint density at radius 2 is 2.00 bits per heavy atom. The number of hydrogen-bond donors (Lipinski definition) is 0. The molecule has 0 unspecified atom stereocenters. The van der Waals surface area contributed by atoms with Crippen LogP contribution in [0.3, 0.4) is 0 Å². The van der Waals surface area contributed by atoms with Crippen molar-refractivity contribution in [1.82, 2.24) is 0 Å². The molecule has 0 heterocycles. The Balaban J connectivity index is 0. The van der Waals surface area contributed by atoms with Crippen LogP contribution in [0.2, 0.25) is 0 Å². The van der Waals surface area contributed by atoms with E-state index in [0.717, 1.165) is 11.8 Å². The molecule has 80 valence electrons. The van der Waals surface area contributed by atoms with E-state index < -0.39 is 24.5 Å². The van der Waals surface area contributed by atoms with Crippen LogP contribution in [0, 0.1) is 0 Å². The number of aliphatic carboxylic acids is 2. The molecule has 0 aromatic heterocycles. The fourth-order valence-corrected chi connectivity index (χ4v) is 1.48. The Morgan fingerprint density at radius 3 is 2.33 bits per heavy atom. The van der Waals surface area contributed by atoms with Crippen molar-refractivity contribution in [2.75, 3.05) is 5.75 Å². The van der Waals surface area contributed by atoms with E-state index in [2.05, 4.69) is 17.0 Å². The first-order valence-electron chi connectivity index (χ1n) is 3.71. The molecule has 0 saturated heterocycles. The van der Waals surface area contributed by atoms with Crippen molar-refractivity contribution < 1.29 is 24.5 Å². The Labute approximate surface area is 137 Å². The summed E-state index contributed by atoms with van der Waals surface area (Å²) in [7, 11) is 0. The van der Waals surface area contributed by atoms with Gasteiger partial charge in [0.1, 0.15) is 6.10 Å². The minimum Gasteiger partial charge on any atom is -0.550 e. The number of rotatable bonds is 5. The van der Waals surface area contributed by atoms with Crippen LogP contribution in [0.5, 0.6) is 0 Å². The summed E-state index contributed by atoms with van der Waals surface area (Å²) in [4.78, 5) is 20.5. The summed E-state index contributed by atoms with van der Waals surface area (Å²) in [5, 5.41) is 20.5. The van der Waals surface area contributed by atoms with E-state index in [4.69, 9.17) is 0 Å². The fourth-order valence-electron chi connectivity index (χ4n) is 0.593. The van der Waals surface area contributed by atoms with E-state index in [0.29, 0.717) is 5.75 Å². The van der Waals surface area contributed by atoms with Crippen molar-refractivity contribution in [3.8, 4) is 0 Å². The maximum absolute atomic E-state index is 10.4. The zero-order valence-corrected chi connectivity index (χ0v) is 14.1. The molecule has 0 spiro atoms. The van der Waals surface area contributed by atoms with E-state index in [1.807, 2.05) is 0 Å². The number of carboxylic acids is 2. The van der Waals surface area contributed by atoms with Gasteiger partial charge in [-0.3, -0.25) is 0 Å². The maximum Gasteiger partial charge on any atom is 2.00 e. The average Bonchev–Trinajstić information content (AvgIpc) is 2.02. The molecule has 0 aliphatic carbocycles. The number of ether oxygens (including phenoxy) is 1. The van der Waals surface area contributed by atoms with Gasteiger partial charge in [-0.25, -0.2) is 0 Å². The second kappa shape index (κ2) is 9.94. The number of thiocarbonyl (C=S) groups is 1. The smallest absolute Gasteiger partial charge is 0.550 e. The fraction of sp³-hybridized carbons (Fsp3) is 0.571. The zero-order chi connectivity index (χ0) is 11.1. The van der Waals surface area contributed by atoms with Gasteiger partial charge in [-0.05, 0) is 18.0 Å². The van der Waals surface area contributed by atoms with Gasteiger partial charge >= 0.3 is 48.9 Å². The predicted molar refractivity (Wildman–Crippen MR) is 56.0 cm³/mol. The van der Waals surface area contributed by atoms with Crippen LogP contribution < -0.4 is 10.2 Å². The molecule has 0 aromatic rings. The van der Waals surface area contributed by atoms with Gasteiger partial charge in [0.15, 0.2) is 0 Å². The average molecular weight is 374 g/mol. The predicted octanol–water partition coefficient (Wildman–Crippen LogP) is -2.08. The number of hydrogen-bond acceptors (Lipinski definition) is 7. The van der Waals surface area contributed by atoms with Crippen molar-refractivity contribution in [2.45, 2.75) is 19.4 Å². The molecule has 0 saturated carbocycles. The SMILES string of the molecule is CCSC(=S)O[C@@H](CC(=O)[O-])C(=O)[O-].[Ba+2]. The number of carbonyl (C=O) groups is 2. The third-order valence-corrected chi connectivity index (χ3v) is 2.19. The largest absolute Gasteiger partial charge is 2.00 e. The van der Waals surface area contributed by atoms with Gasteiger partial charge in [0.25, 0.3) is 0 Å². The van der Waals surface area contributed by atoms with Crippen LogP contribution >= 0.6 is 24.0 Å². The van der Waals surface area contributed by atoms with Crippen LogP contribution in [-0.4, -0.2) is 77.1 Å². The summed E-state index contributed by atoms with van der Waals surface area (Å²) in [6.07, 6.45) is -2.35. The van der Waals surface area contributed by atoms with Gasteiger partial charge in [0, 0.05) is 12.4 Å². The summed E-state index contributed by atoms with van der Waals surface area (Å²) in [6, 6.07) is 0. The Kier molecular flexibility index (Phi) is 12.0. The normalized spacial score (nSPS) is 11.0. The Morgan fingerprint density at radius 1 is 1.47 bits per heavy atom. The third-order valence-electron chi connectivity index (χ3n) is 1.12. The summed E-state index contributed by atoms with van der Waals surface area (Å²) >= 11 is 5.75. The van der Waals surface area contributed by atoms with Crippen molar-refractivity contribution in [1.29, 1.82) is 0 Å². The Hall–Kier alpha value is 0.751. The molecule has 1 atom stereocenters. The first-order chi connectivity index (χ1) is 6.47. The zero-order valence-electron chi connectivity index (χ0n) is 8.06. The van der Waals surface area contributed by atoms with Crippen LogP contribution in [0.1, 0.15) is 13.3 Å². The number of thioether (sulfide) groups is 1. The third kappa shape index (κ3) is 9.67. The van der Waals surface area contributed by atoms with Crippen molar-refractivity contribution in [2.24, 2.45) is 0 Å². The van der Waals surface area contributed by atoms with E-state index in [9.17, 15) is 19.8 Å². The molecule has 0 rings (SSSR count). The van der Waals surface area contributed by atoms with Gasteiger partial charge in [-0.1, -0.05) is 18.7 Å². The van der Waals surface area contributed by atoms with Gasteiger partial charge in [-0.2, -0.15) is 0 Å². The summed E-state index contributed by atoms with van der Waals surface area (Å²) in [5.74, 6) is -2.53. The summed E-state index contributed by atoms with van der Waals surface area (Å²) < 4.78 is 4.66. The monoisotopic (exact) mass is 374 g/mol. The standard InChI is InChI=1S/C7H10O5S2.Ba/c1-2-14-7(13)12-4(6(10)11)3-5(8)9;/h4H,2-3H2,1H3,(H,8,9)(H,10,11);/q;+2/p-2/t4-;/m0./s1. The number of carboxylic acid groups (broad SMARTS) is 2. The Bertz CT molecular complexity index is 246. The molecular weight excluding hydrogens is 366 g/mol. The van der Waals surface area contributed by atoms with Crippen molar-refractivity contribution in [3.63, 3.8) is 0 Å². The van der Waals surface area contributed by atoms with Gasteiger partial charge in [0.05, 0.1) is 5.97 Å². The molecule has 0 fully saturated rings. The van der Waals surface area contributed by atoms with Crippen LogP contribution in [0.25, 0.3) is 0 Å². The first-order valence-corrected chi connectivity index (χ1v) is 5.10. The molecule has 0 amide bonds. The van der Waals surface area contributed by atoms with E-state index >= 15 is 0 Å². The quantitative estimate of drug-likeness (QED) is 0.403. The summed E-state index contributed by atoms with van der Waals surface area (Å²) in [5.41, 5.74) is 0. The molecule has 5 nitrogen and oxygen atoms in total.